The highest BCUT2D eigenvalue weighted by atomic mass is 79.9. The Kier molecular flexibility index (Phi) is 5.26. The fraction of sp³-hybridized carbons (Fsp3) is 0.250. The monoisotopic (exact) mass is 339 g/mol. The van der Waals surface area contributed by atoms with Crippen LogP contribution in [0.15, 0.2) is 46.9 Å². The molecule has 0 spiro atoms. The molecule has 1 nitrogen and oxygen atoms in total. The minimum absolute atomic E-state index is 0.121. The zero-order chi connectivity index (χ0) is 14.5. The molecule has 0 bridgehead atoms. The maximum Gasteiger partial charge on any atom is 0.129 e. The zero-order valence-electron chi connectivity index (χ0n) is 11.2. The topological polar surface area (TPSA) is 12.0 Å². The molecule has 1 atom stereocenters. The van der Waals surface area contributed by atoms with Crippen molar-refractivity contribution in [1.29, 1.82) is 0 Å². The summed E-state index contributed by atoms with van der Waals surface area (Å²) in [5, 5.41) is 3.27. The molecule has 20 heavy (non-hydrogen) atoms. The average Bonchev–Trinajstić information content (AvgIpc) is 2.42. The van der Waals surface area contributed by atoms with Gasteiger partial charge in [0.2, 0.25) is 0 Å². The van der Waals surface area contributed by atoms with Crippen molar-refractivity contribution in [3.8, 4) is 0 Å². The molecule has 0 saturated heterocycles. The molecule has 1 N–H and O–H groups in total. The van der Waals surface area contributed by atoms with Crippen molar-refractivity contribution in [2.75, 3.05) is 6.54 Å². The van der Waals surface area contributed by atoms with Crippen molar-refractivity contribution in [3.05, 3.63) is 69.7 Å². The summed E-state index contributed by atoms with van der Waals surface area (Å²) >= 11 is 3.42. The molecule has 0 aromatic heterocycles. The van der Waals surface area contributed by atoms with Crippen molar-refractivity contribution in [2.45, 2.75) is 19.4 Å². The third-order valence-corrected chi connectivity index (χ3v) is 3.66. The van der Waals surface area contributed by atoms with Crippen LogP contribution in [-0.4, -0.2) is 6.54 Å². The molecule has 1 unspecified atom stereocenters. The first-order valence-electron chi connectivity index (χ1n) is 6.53. The normalized spacial score (nSPS) is 12.4. The molecular formula is C16H16BrF2N. The van der Waals surface area contributed by atoms with Crippen molar-refractivity contribution < 1.29 is 8.78 Å². The van der Waals surface area contributed by atoms with Crippen LogP contribution in [0.2, 0.25) is 0 Å². The number of nitrogens with one attached hydrogen (secondary N) is 1. The van der Waals surface area contributed by atoms with Crippen LogP contribution in [0.4, 0.5) is 8.78 Å². The summed E-state index contributed by atoms with van der Waals surface area (Å²) in [5.41, 5.74) is 1.13. The van der Waals surface area contributed by atoms with Crippen LogP contribution in [-0.2, 0) is 6.42 Å². The van der Waals surface area contributed by atoms with Gasteiger partial charge in [-0.3, -0.25) is 0 Å². The van der Waals surface area contributed by atoms with Crippen molar-refractivity contribution in [1.82, 2.24) is 5.32 Å². The molecule has 0 radical (unpaired) electrons. The summed E-state index contributed by atoms with van der Waals surface area (Å²) in [4.78, 5) is 0. The lowest BCUT2D eigenvalue weighted by atomic mass is 9.98. The smallest absolute Gasteiger partial charge is 0.129 e. The Morgan fingerprint density at radius 1 is 1.10 bits per heavy atom. The molecule has 0 aliphatic heterocycles. The fourth-order valence-electron chi connectivity index (χ4n) is 2.21. The lowest BCUT2D eigenvalue weighted by Gasteiger charge is -2.19. The molecule has 0 heterocycles. The highest BCUT2D eigenvalue weighted by Crippen LogP contribution is 2.24. The fourth-order valence-corrected chi connectivity index (χ4v) is 2.63. The van der Waals surface area contributed by atoms with Gasteiger partial charge in [0.25, 0.3) is 0 Å². The molecule has 2 aromatic rings. The van der Waals surface area contributed by atoms with Gasteiger partial charge in [0.05, 0.1) is 0 Å². The first kappa shape index (κ1) is 15.1. The molecule has 0 aliphatic rings. The SMILES string of the molecule is CCNC(Cc1c(F)cccc1F)c1cccc(Br)c1. The van der Waals surface area contributed by atoms with Crippen LogP contribution < -0.4 is 5.32 Å². The van der Waals surface area contributed by atoms with E-state index in [1.165, 1.54) is 18.2 Å². The Morgan fingerprint density at radius 2 is 1.75 bits per heavy atom. The Labute approximate surface area is 126 Å². The Balaban J connectivity index is 2.30. The lowest BCUT2D eigenvalue weighted by Crippen LogP contribution is -2.23. The second kappa shape index (κ2) is 6.95. The van der Waals surface area contributed by atoms with Crippen LogP contribution in [0.5, 0.6) is 0 Å². The van der Waals surface area contributed by atoms with Gasteiger partial charge < -0.3 is 5.32 Å². The van der Waals surface area contributed by atoms with Gasteiger partial charge in [0.1, 0.15) is 11.6 Å². The number of rotatable bonds is 5. The van der Waals surface area contributed by atoms with Gasteiger partial charge in [0, 0.05) is 16.1 Å². The van der Waals surface area contributed by atoms with Crippen LogP contribution in [0, 0.1) is 11.6 Å². The minimum Gasteiger partial charge on any atom is -0.310 e. The van der Waals surface area contributed by atoms with E-state index in [9.17, 15) is 8.78 Å². The second-order valence-electron chi connectivity index (χ2n) is 4.57. The van der Waals surface area contributed by atoms with Gasteiger partial charge in [-0.25, -0.2) is 8.78 Å². The summed E-state index contributed by atoms with van der Waals surface area (Å²) in [6.45, 7) is 2.70. The van der Waals surface area contributed by atoms with E-state index < -0.39 is 11.6 Å². The number of halogens is 3. The third kappa shape index (κ3) is 3.64. The molecule has 0 fully saturated rings. The Morgan fingerprint density at radius 3 is 2.35 bits per heavy atom. The number of likely N-dealkylation sites (N-methyl/N-ethyl adjacent to an activating group) is 1. The van der Waals surface area contributed by atoms with Crippen molar-refractivity contribution in [3.63, 3.8) is 0 Å². The molecule has 106 valence electrons. The Hall–Kier alpha value is -1.26. The average molecular weight is 340 g/mol. The van der Waals surface area contributed by atoms with Crippen LogP contribution in [0.25, 0.3) is 0 Å². The van der Waals surface area contributed by atoms with Gasteiger partial charge in [-0.2, -0.15) is 0 Å². The zero-order valence-corrected chi connectivity index (χ0v) is 12.8. The quantitative estimate of drug-likeness (QED) is 0.837. The van der Waals surface area contributed by atoms with E-state index in [1.807, 2.05) is 31.2 Å². The van der Waals surface area contributed by atoms with Crippen LogP contribution in [0.1, 0.15) is 24.1 Å². The van der Waals surface area contributed by atoms with Crippen LogP contribution in [0.3, 0.4) is 0 Å². The lowest BCUT2D eigenvalue weighted by molar-refractivity contribution is 0.499. The minimum atomic E-state index is -0.497. The van der Waals surface area contributed by atoms with Crippen LogP contribution >= 0.6 is 15.9 Å². The predicted octanol–water partition coefficient (Wildman–Crippen LogP) is 4.62. The summed E-state index contributed by atoms with van der Waals surface area (Å²) in [6.07, 6.45) is 0.281. The molecular weight excluding hydrogens is 324 g/mol. The van der Waals surface area contributed by atoms with Crippen molar-refractivity contribution in [2.24, 2.45) is 0 Å². The van der Waals surface area contributed by atoms with E-state index in [-0.39, 0.29) is 18.0 Å². The van der Waals surface area contributed by atoms with E-state index in [0.29, 0.717) is 0 Å². The maximum absolute atomic E-state index is 13.8. The number of benzene rings is 2. The molecule has 4 heteroatoms. The van der Waals surface area contributed by atoms with E-state index >= 15 is 0 Å². The van der Waals surface area contributed by atoms with E-state index in [4.69, 9.17) is 0 Å². The summed E-state index contributed by atoms with van der Waals surface area (Å²) in [5.74, 6) is -0.995. The number of hydrogen-bond acceptors (Lipinski definition) is 1. The second-order valence-corrected chi connectivity index (χ2v) is 5.49. The predicted molar refractivity (Wildman–Crippen MR) is 80.6 cm³/mol. The first-order valence-corrected chi connectivity index (χ1v) is 7.33. The summed E-state index contributed by atoms with van der Waals surface area (Å²) in [7, 11) is 0. The molecule has 0 aliphatic carbocycles. The molecule has 2 aromatic carbocycles. The van der Waals surface area contributed by atoms with E-state index in [1.54, 1.807) is 0 Å². The number of hydrogen-bond donors (Lipinski definition) is 1. The van der Waals surface area contributed by atoms with Gasteiger partial charge in [-0.1, -0.05) is 41.1 Å². The van der Waals surface area contributed by atoms with Gasteiger partial charge in [0.15, 0.2) is 0 Å². The largest absolute Gasteiger partial charge is 0.310 e. The molecule has 2 rings (SSSR count). The summed E-state index contributed by atoms with van der Waals surface area (Å²) < 4.78 is 28.5. The van der Waals surface area contributed by atoms with Crippen molar-refractivity contribution >= 4 is 15.9 Å². The Bertz CT molecular complexity index is 566. The van der Waals surface area contributed by atoms with Gasteiger partial charge in [-0.15, -0.1) is 0 Å². The van der Waals surface area contributed by atoms with E-state index in [2.05, 4.69) is 21.2 Å². The molecule has 0 saturated carbocycles. The third-order valence-electron chi connectivity index (χ3n) is 3.17. The van der Waals surface area contributed by atoms with Gasteiger partial charge >= 0.3 is 0 Å². The standard InChI is InChI=1S/C16H16BrF2N/c1-2-20-16(11-5-3-6-12(17)9-11)10-13-14(18)7-4-8-15(13)19/h3-9,16,20H,2,10H2,1H3. The highest BCUT2D eigenvalue weighted by Gasteiger charge is 2.16. The van der Waals surface area contributed by atoms with Gasteiger partial charge in [-0.05, 0) is 42.8 Å². The molecule has 0 amide bonds. The van der Waals surface area contributed by atoms with E-state index in [0.717, 1.165) is 16.6 Å². The summed E-state index contributed by atoms with van der Waals surface area (Å²) in [6, 6.07) is 11.6. The maximum atomic E-state index is 13.8. The first-order chi connectivity index (χ1) is 9.61. The highest BCUT2D eigenvalue weighted by molar-refractivity contribution is 9.10.